The van der Waals surface area contributed by atoms with E-state index < -0.39 is 22.7 Å². The molecule has 28 heavy (non-hydrogen) atoms. The van der Waals surface area contributed by atoms with E-state index >= 15 is 0 Å². The molecule has 0 aromatic heterocycles. The number of hydrogen-bond donors (Lipinski definition) is 0. The maximum absolute atomic E-state index is 13.6. The number of carbonyl (C=O) groups excluding carboxylic acids is 2. The molecular weight excluding hydrogens is 421 g/mol. The summed E-state index contributed by atoms with van der Waals surface area (Å²) in [5.41, 5.74) is -2.10. The number of benzene rings is 2. The first-order chi connectivity index (χ1) is 13.3. The zero-order valence-electron chi connectivity index (χ0n) is 15.1. The van der Waals surface area contributed by atoms with Gasteiger partial charge in [-0.2, -0.15) is 5.26 Å². The summed E-state index contributed by atoms with van der Waals surface area (Å²) in [5.74, 6) is -1.83. The number of rotatable bonds is 5. The molecule has 0 aliphatic heterocycles. The number of nitriles is 1. The minimum absolute atomic E-state index is 0.251. The van der Waals surface area contributed by atoms with Crippen molar-refractivity contribution in [2.24, 2.45) is 10.8 Å². The van der Waals surface area contributed by atoms with Gasteiger partial charge in [0.15, 0.2) is 11.2 Å². The lowest BCUT2D eigenvalue weighted by atomic mass is 9.83. The number of ketones is 1. The van der Waals surface area contributed by atoms with E-state index in [0.717, 1.165) is 0 Å². The molecule has 1 fully saturated rings. The topological polar surface area (TPSA) is 67.2 Å². The summed E-state index contributed by atoms with van der Waals surface area (Å²) in [6.45, 7) is 1.77. The highest BCUT2D eigenvalue weighted by atomic mass is 35.5. The van der Waals surface area contributed by atoms with Crippen molar-refractivity contribution in [3.63, 3.8) is 0 Å². The van der Waals surface area contributed by atoms with Crippen LogP contribution in [0.15, 0.2) is 42.5 Å². The number of methoxy groups -OCH3 is 1. The highest BCUT2D eigenvalue weighted by Gasteiger charge is 2.85. The van der Waals surface area contributed by atoms with Crippen LogP contribution >= 0.6 is 34.8 Å². The minimum atomic E-state index is -1.68. The van der Waals surface area contributed by atoms with E-state index in [1.807, 2.05) is 0 Å². The lowest BCUT2D eigenvalue weighted by molar-refractivity contribution is -0.146. The van der Waals surface area contributed by atoms with Crippen molar-refractivity contribution >= 4 is 46.6 Å². The Balaban J connectivity index is 2.23. The van der Waals surface area contributed by atoms with Gasteiger partial charge in [-0.25, -0.2) is 0 Å². The van der Waals surface area contributed by atoms with Crippen LogP contribution in [0.2, 0.25) is 15.1 Å². The molecule has 1 aliphatic carbocycles. The molecule has 0 spiro atoms. The molecule has 7 heteroatoms. The average Bonchev–Trinajstić information content (AvgIpc) is 3.31. The van der Waals surface area contributed by atoms with Crippen LogP contribution in [0.1, 0.15) is 35.2 Å². The molecule has 144 valence electrons. The van der Waals surface area contributed by atoms with Gasteiger partial charge in [0, 0.05) is 26.5 Å². The number of hydrogen-bond acceptors (Lipinski definition) is 4. The van der Waals surface area contributed by atoms with Crippen LogP contribution in [-0.2, 0) is 9.53 Å². The van der Waals surface area contributed by atoms with Crippen molar-refractivity contribution in [2.75, 3.05) is 7.11 Å². The number of Topliss-reactive ketones (excluding diaryl/α,β-unsaturated/α-hetero) is 1. The molecule has 0 heterocycles. The SMILES string of the molecule is CCC1(C(=O)c2ccc(Cl)cc2)C(c2ccc(Cl)cc2Cl)C1(C#N)C(=O)OC. The summed E-state index contributed by atoms with van der Waals surface area (Å²) in [6.07, 6.45) is 0.251. The maximum atomic E-state index is 13.6. The van der Waals surface area contributed by atoms with E-state index in [2.05, 4.69) is 6.07 Å². The van der Waals surface area contributed by atoms with Gasteiger partial charge in [0.05, 0.1) is 18.6 Å². The first-order valence-electron chi connectivity index (χ1n) is 8.55. The Morgan fingerprint density at radius 3 is 2.21 bits per heavy atom. The first kappa shape index (κ1) is 20.7. The standard InChI is InChI=1S/C21H16Cl3NO3/c1-3-20(18(26)12-4-6-13(22)7-5-12)17(21(20,11-25)19(27)28-2)15-9-8-14(23)10-16(15)24/h4-10,17H,3H2,1-2H3. The van der Waals surface area contributed by atoms with Crippen LogP contribution in [-0.4, -0.2) is 18.9 Å². The van der Waals surface area contributed by atoms with Gasteiger partial charge in [-0.15, -0.1) is 0 Å². The van der Waals surface area contributed by atoms with Crippen LogP contribution in [0.5, 0.6) is 0 Å². The Morgan fingerprint density at radius 2 is 1.71 bits per heavy atom. The Bertz CT molecular complexity index is 999. The van der Waals surface area contributed by atoms with E-state index in [1.165, 1.54) is 13.2 Å². The Labute approximate surface area is 178 Å². The van der Waals surface area contributed by atoms with E-state index in [-0.39, 0.29) is 12.2 Å². The molecule has 2 aromatic rings. The van der Waals surface area contributed by atoms with Gasteiger partial charge in [0.1, 0.15) is 0 Å². The molecule has 4 nitrogen and oxygen atoms in total. The van der Waals surface area contributed by atoms with Crippen molar-refractivity contribution in [2.45, 2.75) is 19.3 Å². The van der Waals surface area contributed by atoms with E-state index in [1.54, 1.807) is 43.3 Å². The largest absolute Gasteiger partial charge is 0.468 e. The van der Waals surface area contributed by atoms with Crippen molar-refractivity contribution in [3.8, 4) is 6.07 Å². The van der Waals surface area contributed by atoms with Gasteiger partial charge in [0.2, 0.25) is 0 Å². The lowest BCUT2D eigenvalue weighted by Gasteiger charge is -2.17. The summed E-state index contributed by atoms with van der Waals surface area (Å²) < 4.78 is 4.94. The lowest BCUT2D eigenvalue weighted by Crippen LogP contribution is -2.29. The zero-order chi connectivity index (χ0) is 20.7. The smallest absolute Gasteiger partial charge is 0.327 e. The Kier molecular flexibility index (Phi) is 5.46. The van der Waals surface area contributed by atoms with Crippen LogP contribution in [0.25, 0.3) is 0 Å². The molecular formula is C21H16Cl3NO3. The van der Waals surface area contributed by atoms with Gasteiger partial charge in [-0.05, 0) is 48.4 Å². The van der Waals surface area contributed by atoms with Crippen molar-refractivity contribution in [1.29, 1.82) is 5.26 Å². The third-order valence-corrected chi connectivity index (χ3v) is 6.39. The summed E-state index contributed by atoms with van der Waals surface area (Å²) in [6, 6.07) is 13.2. The molecule has 1 aliphatic rings. The van der Waals surface area contributed by atoms with Gasteiger partial charge in [0.25, 0.3) is 0 Å². The summed E-state index contributed by atoms with van der Waals surface area (Å²) >= 11 is 18.3. The summed E-state index contributed by atoms with van der Waals surface area (Å²) in [5, 5.41) is 11.2. The molecule has 2 aromatic carbocycles. The number of halogens is 3. The van der Waals surface area contributed by atoms with Crippen molar-refractivity contribution in [1.82, 2.24) is 0 Å². The Hall–Kier alpha value is -2.06. The number of carbonyl (C=O) groups is 2. The fourth-order valence-electron chi connectivity index (χ4n) is 4.25. The predicted octanol–water partition coefficient (Wildman–Crippen LogP) is 5.71. The highest BCUT2D eigenvalue weighted by molar-refractivity contribution is 6.35. The van der Waals surface area contributed by atoms with E-state index in [0.29, 0.717) is 26.2 Å². The van der Waals surface area contributed by atoms with Gasteiger partial charge in [-0.1, -0.05) is 47.8 Å². The molecule has 0 radical (unpaired) electrons. The first-order valence-corrected chi connectivity index (χ1v) is 9.68. The average molecular weight is 437 g/mol. The Morgan fingerprint density at radius 1 is 1.11 bits per heavy atom. The molecule has 0 saturated heterocycles. The second-order valence-corrected chi connectivity index (χ2v) is 7.95. The third kappa shape index (κ3) is 2.73. The van der Waals surface area contributed by atoms with Gasteiger partial charge < -0.3 is 4.74 Å². The molecule has 3 unspecified atom stereocenters. The maximum Gasteiger partial charge on any atom is 0.327 e. The molecule has 3 atom stereocenters. The van der Waals surface area contributed by atoms with Gasteiger partial charge in [-0.3, -0.25) is 9.59 Å². The van der Waals surface area contributed by atoms with Crippen LogP contribution in [0.3, 0.4) is 0 Å². The fourth-order valence-corrected chi connectivity index (χ4v) is 4.90. The van der Waals surface area contributed by atoms with Crippen molar-refractivity contribution in [3.05, 3.63) is 68.7 Å². The van der Waals surface area contributed by atoms with Crippen LogP contribution in [0.4, 0.5) is 0 Å². The number of esters is 1. The third-order valence-electron chi connectivity index (χ3n) is 5.57. The fraction of sp³-hybridized carbons (Fsp3) is 0.286. The van der Waals surface area contributed by atoms with Crippen molar-refractivity contribution < 1.29 is 14.3 Å². The predicted molar refractivity (Wildman–Crippen MR) is 108 cm³/mol. The number of ether oxygens (including phenoxy) is 1. The van der Waals surface area contributed by atoms with E-state index in [9.17, 15) is 14.9 Å². The summed E-state index contributed by atoms with van der Waals surface area (Å²) in [7, 11) is 1.20. The molecule has 0 N–H and O–H groups in total. The minimum Gasteiger partial charge on any atom is -0.468 e. The summed E-state index contributed by atoms with van der Waals surface area (Å²) in [4.78, 5) is 26.3. The molecule has 0 bridgehead atoms. The van der Waals surface area contributed by atoms with Crippen LogP contribution < -0.4 is 0 Å². The second kappa shape index (κ2) is 7.40. The monoisotopic (exact) mass is 435 g/mol. The molecule has 0 amide bonds. The molecule has 1 saturated carbocycles. The van der Waals surface area contributed by atoms with Gasteiger partial charge >= 0.3 is 5.97 Å². The zero-order valence-corrected chi connectivity index (χ0v) is 17.4. The second-order valence-electron chi connectivity index (χ2n) is 6.67. The highest BCUT2D eigenvalue weighted by Crippen LogP contribution is 2.77. The van der Waals surface area contributed by atoms with E-state index in [4.69, 9.17) is 39.5 Å². The molecule has 3 rings (SSSR count). The number of nitrogens with zero attached hydrogens (tertiary/aromatic N) is 1. The van der Waals surface area contributed by atoms with Crippen LogP contribution in [0, 0.1) is 22.2 Å². The quantitative estimate of drug-likeness (QED) is 0.445. The normalized spacial score (nSPS) is 25.6.